The van der Waals surface area contributed by atoms with E-state index in [0.29, 0.717) is 13.0 Å². The molecule has 1 unspecified atom stereocenters. The number of carbonyl (C=O) groups is 1. The van der Waals surface area contributed by atoms with Crippen LogP contribution < -0.4 is 4.74 Å². The van der Waals surface area contributed by atoms with E-state index in [2.05, 4.69) is 29.2 Å². The zero-order valence-corrected chi connectivity index (χ0v) is 13.0. The standard InChI is InChI=1S/C18H21NO3/c1-18(17(20)21)7-8-19(12-18)11-15-9-13-5-3-4-6-14(13)10-16(15)22-2/h3-6,9-10H,7-8,11-12H2,1-2H3,(H,20,21). The first-order valence-corrected chi connectivity index (χ1v) is 7.53. The number of rotatable bonds is 4. The zero-order chi connectivity index (χ0) is 15.7. The predicted molar refractivity (Wildman–Crippen MR) is 86.1 cm³/mol. The van der Waals surface area contributed by atoms with Gasteiger partial charge in [-0.1, -0.05) is 24.3 Å². The number of likely N-dealkylation sites (tertiary alicyclic amines) is 1. The number of methoxy groups -OCH3 is 1. The van der Waals surface area contributed by atoms with Crippen molar-refractivity contribution in [3.05, 3.63) is 42.0 Å². The molecule has 0 aliphatic carbocycles. The molecule has 1 aliphatic heterocycles. The minimum Gasteiger partial charge on any atom is -0.496 e. The monoisotopic (exact) mass is 299 g/mol. The van der Waals surface area contributed by atoms with Crippen molar-refractivity contribution in [3.63, 3.8) is 0 Å². The number of fused-ring (bicyclic) bond motifs is 1. The second-order valence-corrected chi connectivity index (χ2v) is 6.34. The first-order chi connectivity index (χ1) is 10.5. The van der Waals surface area contributed by atoms with Gasteiger partial charge in [-0.25, -0.2) is 0 Å². The van der Waals surface area contributed by atoms with Gasteiger partial charge in [0.1, 0.15) is 5.75 Å². The molecule has 22 heavy (non-hydrogen) atoms. The first-order valence-electron chi connectivity index (χ1n) is 7.53. The smallest absolute Gasteiger partial charge is 0.310 e. The summed E-state index contributed by atoms with van der Waals surface area (Å²) in [6, 6.07) is 12.4. The van der Waals surface area contributed by atoms with Crippen LogP contribution in [-0.4, -0.2) is 36.2 Å². The van der Waals surface area contributed by atoms with E-state index >= 15 is 0 Å². The predicted octanol–water partition coefficient (Wildman–Crippen LogP) is 3.15. The number of aliphatic carboxylic acids is 1. The van der Waals surface area contributed by atoms with Crippen molar-refractivity contribution in [1.82, 2.24) is 4.90 Å². The van der Waals surface area contributed by atoms with E-state index in [1.165, 1.54) is 5.39 Å². The fraction of sp³-hybridized carbons (Fsp3) is 0.389. The van der Waals surface area contributed by atoms with Crippen molar-refractivity contribution < 1.29 is 14.6 Å². The van der Waals surface area contributed by atoms with Gasteiger partial charge < -0.3 is 9.84 Å². The molecule has 2 aromatic rings. The van der Waals surface area contributed by atoms with Gasteiger partial charge in [0.2, 0.25) is 0 Å². The fourth-order valence-electron chi connectivity index (χ4n) is 3.19. The summed E-state index contributed by atoms with van der Waals surface area (Å²) < 4.78 is 5.52. The molecule has 1 aliphatic rings. The molecule has 0 aromatic heterocycles. The average Bonchev–Trinajstić information content (AvgIpc) is 2.89. The Bertz CT molecular complexity index is 713. The van der Waals surface area contributed by atoms with E-state index in [-0.39, 0.29) is 0 Å². The molecule has 116 valence electrons. The summed E-state index contributed by atoms with van der Waals surface area (Å²) in [4.78, 5) is 13.6. The molecular formula is C18H21NO3. The van der Waals surface area contributed by atoms with Crippen molar-refractivity contribution >= 4 is 16.7 Å². The maximum absolute atomic E-state index is 11.4. The normalized spacial score (nSPS) is 22.1. The number of carboxylic acids is 1. The Kier molecular flexibility index (Phi) is 3.79. The number of nitrogens with zero attached hydrogens (tertiary/aromatic N) is 1. The molecule has 2 aromatic carbocycles. The Balaban J connectivity index is 1.86. The lowest BCUT2D eigenvalue weighted by atomic mass is 9.90. The van der Waals surface area contributed by atoms with Gasteiger partial charge in [0.15, 0.2) is 0 Å². The summed E-state index contributed by atoms with van der Waals surface area (Å²) >= 11 is 0. The summed E-state index contributed by atoms with van der Waals surface area (Å²) in [6.45, 7) is 3.93. The lowest BCUT2D eigenvalue weighted by Crippen LogP contribution is -2.31. The van der Waals surface area contributed by atoms with Gasteiger partial charge in [0.25, 0.3) is 0 Å². The second kappa shape index (κ2) is 5.61. The minimum absolute atomic E-state index is 0.582. The number of benzene rings is 2. The SMILES string of the molecule is COc1cc2ccccc2cc1CN1CCC(C)(C(=O)O)C1. The summed E-state index contributed by atoms with van der Waals surface area (Å²) in [5, 5.41) is 11.7. The molecular weight excluding hydrogens is 278 g/mol. The van der Waals surface area contributed by atoms with E-state index in [4.69, 9.17) is 4.74 Å². The summed E-state index contributed by atoms with van der Waals surface area (Å²) in [5.74, 6) is 0.156. The highest BCUT2D eigenvalue weighted by Gasteiger charge is 2.40. The Morgan fingerprint density at radius 3 is 2.59 bits per heavy atom. The van der Waals surface area contributed by atoms with E-state index < -0.39 is 11.4 Å². The Labute approximate surface area is 130 Å². The molecule has 1 heterocycles. The Hall–Kier alpha value is -2.07. The number of hydrogen-bond donors (Lipinski definition) is 1. The number of carboxylic acid groups (broad SMARTS) is 1. The lowest BCUT2D eigenvalue weighted by molar-refractivity contribution is -0.147. The van der Waals surface area contributed by atoms with Gasteiger partial charge in [0.05, 0.1) is 12.5 Å². The molecule has 0 amide bonds. The maximum Gasteiger partial charge on any atom is 0.310 e. The van der Waals surface area contributed by atoms with Crippen LogP contribution in [0.2, 0.25) is 0 Å². The zero-order valence-electron chi connectivity index (χ0n) is 13.0. The summed E-state index contributed by atoms with van der Waals surface area (Å²) in [7, 11) is 1.68. The molecule has 0 bridgehead atoms. The van der Waals surface area contributed by atoms with Gasteiger partial charge >= 0.3 is 5.97 Å². The third kappa shape index (κ3) is 2.66. The van der Waals surface area contributed by atoms with Crippen molar-refractivity contribution in [3.8, 4) is 5.75 Å². The first kappa shape index (κ1) is 14.9. The van der Waals surface area contributed by atoms with Gasteiger partial charge in [-0.2, -0.15) is 0 Å². The van der Waals surface area contributed by atoms with Crippen LogP contribution in [0, 0.1) is 5.41 Å². The van der Waals surface area contributed by atoms with Crippen molar-refractivity contribution in [2.24, 2.45) is 5.41 Å². The molecule has 3 rings (SSSR count). The van der Waals surface area contributed by atoms with Crippen LogP contribution in [0.4, 0.5) is 0 Å². The minimum atomic E-state index is -0.708. The third-order valence-electron chi connectivity index (χ3n) is 4.61. The quantitative estimate of drug-likeness (QED) is 0.942. The maximum atomic E-state index is 11.4. The van der Waals surface area contributed by atoms with Crippen LogP contribution in [0.25, 0.3) is 10.8 Å². The van der Waals surface area contributed by atoms with Gasteiger partial charge in [-0.3, -0.25) is 9.69 Å². The van der Waals surface area contributed by atoms with E-state index in [9.17, 15) is 9.90 Å². The summed E-state index contributed by atoms with van der Waals surface area (Å²) in [5.41, 5.74) is 0.472. The highest BCUT2D eigenvalue weighted by molar-refractivity contribution is 5.85. The highest BCUT2D eigenvalue weighted by Crippen LogP contribution is 2.33. The van der Waals surface area contributed by atoms with Crippen LogP contribution in [0.3, 0.4) is 0 Å². The van der Waals surface area contributed by atoms with Gasteiger partial charge in [0, 0.05) is 18.7 Å². The van der Waals surface area contributed by atoms with Crippen molar-refractivity contribution in [1.29, 1.82) is 0 Å². The molecule has 4 nitrogen and oxygen atoms in total. The fourth-order valence-corrected chi connectivity index (χ4v) is 3.19. The largest absolute Gasteiger partial charge is 0.496 e. The van der Waals surface area contributed by atoms with E-state index in [1.54, 1.807) is 7.11 Å². The van der Waals surface area contributed by atoms with Crippen LogP contribution in [0.1, 0.15) is 18.9 Å². The van der Waals surface area contributed by atoms with E-state index in [0.717, 1.165) is 29.8 Å². The molecule has 0 saturated carbocycles. The number of hydrogen-bond acceptors (Lipinski definition) is 3. The van der Waals surface area contributed by atoms with Crippen molar-refractivity contribution in [2.45, 2.75) is 19.9 Å². The lowest BCUT2D eigenvalue weighted by Gasteiger charge is -2.21. The Morgan fingerprint density at radius 2 is 2.00 bits per heavy atom. The Morgan fingerprint density at radius 1 is 1.32 bits per heavy atom. The van der Waals surface area contributed by atoms with Gasteiger partial charge in [-0.15, -0.1) is 0 Å². The van der Waals surface area contributed by atoms with Crippen molar-refractivity contribution in [2.75, 3.05) is 20.2 Å². The average molecular weight is 299 g/mol. The third-order valence-corrected chi connectivity index (χ3v) is 4.61. The molecule has 0 radical (unpaired) electrons. The molecule has 1 saturated heterocycles. The molecule has 1 N–H and O–H groups in total. The van der Waals surface area contributed by atoms with Crippen LogP contribution in [0.5, 0.6) is 5.75 Å². The second-order valence-electron chi connectivity index (χ2n) is 6.34. The topological polar surface area (TPSA) is 49.8 Å². The molecule has 1 atom stereocenters. The summed E-state index contributed by atoms with van der Waals surface area (Å²) in [6.07, 6.45) is 0.693. The highest BCUT2D eigenvalue weighted by atomic mass is 16.5. The number of ether oxygens (including phenoxy) is 1. The molecule has 4 heteroatoms. The van der Waals surface area contributed by atoms with Crippen LogP contribution >= 0.6 is 0 Å². The van der Waals surface area contributed by atoms with Crippen LogP contribution in [-0.2, 0) is 11.3 Å². The molecule has 0 spiro atoms. The van der Waals surface area contributed by atoms with Gasteiger partial charge in [-0.05, 0) is 42.8 Å². The molecule has 1 fully saturated rings. The van der Waals surface area contributed by atoms with Crippen LogP contribution in [0.15, 0.2) is 36.4 Å². The van der Waals surface area contributed by atoms with E-state index in [1.807, 2.05) is 19.1 Å².